The third-order valence-electron chi connectivity index (χ3n) is 3.56. The molecule has 1 aromatic heterocycles. The van der Waals surface area contributed by atoms with Crippen LogP contribution in [0.3, 0.4) is 0 Å². The van der Waals surface area contributed by atoms with Crippen molar-refractivity contribution in [3.63, 3.8) is 0 Å². The van der Waals surface area contributed by atoms with Gasteiger partial charge in [-0.3, -0.25) is 0 Å². The highest BCUT2D eigenvalue weighted by Crippen LogP contribution is 2.23. The van der Waals surface area contributed by atoms with E-state index in [1.54, 1.807) is 13.4 Å². The fraction of sp³-hybridized carbons (Fsp3) is 0.105. The van der Waals surface area contributed by atoms with Crippen molar-refractivity contribution < 1.29 is 9.15 Å². The topological polar surface area (TPSA) is 46.4 Å². The Morgan fingerprint density at radius 1 is 1.04 bits per heavy atom. The van der Waals surface area contributed by atoms with Gasteiger partial charge in [0.2, 0.25) is 0 Å². The molecule has 0 aliphatic carbocycles. The van der Waals surface area contributed by atoms with E-state index in [2.05, 4.69) is 10.6 Å². The predicted octanol–water partition coefficient (Wildman–Crippen LogP) is 4.36. The monoisotopic (exact) mass is 338 g/mol. The zero-order chi connectivity index (χ0) is 16.8. The summed E-state index contributed by atoms with van der Waals surface area (Å²) >= 11 is 5.46. The molecule has 0 fully saturated rings. The van der Waals surface area contributed by atoms with Gasteiger partial charge in [0.05, 0.1) is 13.4 Å². The van der Waals surface area contributed by atoms with Crippen LogP contribution < -0.4 is 15.4 Å². The quantitative estimate of drug-likeness (QED) is 0.677. The summed E-state index contributed by atoms with van der Waals surface area (Å²) in [4.78, 5) is 0. The van der Waals surface area contributed by atoms with E-state index in [1.807, 2.05) is 66.7 Å². The van der Waals surface area contributed by atoms with E-state index in [-0.39, 0.29) is 6.04 Å². The lowest BCUT2D eigenvalue weighted by Crippen LogP contribution is -2.32. The second kappa shape index (κ2) is 7.66. The molecule has 0 aliphatic heterocycles. The van der Waals surface area contributed by atoms with Crippen LogP contribution in [0.15, 0.2) is 77.4 Å². The van der Waals surface area contributed by atoms with E-state index in [1.165, 1.54) is 0 Å². The van der Waals surface area contributed by atoms with Crippen molar-refractivity contribution >= 4 is 23.0 Å². The first-order valence-electron chi connectivity index (χ1n) is 7.56. The fourth-order valence-electron chi connectivity index (χ4n) is 2.42. The molecule has 0 bridgehead atoms. The summed E-state index contributed by atoms with van der Waals surface area (Å²) in [6.07, 6.45) is 1.66. The minimum Gasteiger partial charge on any atom is -0.497 e. The van der Waals surface area contributed by atoms with Gasteiger partial charge in [0.1, 0.15) is 17.6 Å². The maximum Gasteiger partial charge on any atom is 0.171 e. The first-order chi connectivity index (χ1) is 11.8. The number of hydrogen-bond acceptors (Lipinski definition) is 3. The van der Waals surface area contributed by atoms with E-state index < -0.39 is 0 Å². The lowest BCUT2D eigenvalue weighted by molar-refractivity contribution is 0.415. The molecule has 0 aliphatic rings. The van der Waals surface area contributed by atoms with Gasteiger partial charge < -0.3 is 19.8 Å². The number of furan rings is 1. The van der Waals surface area contributed by atoms with E-state index >= 15 is 0 Å². The van der Waals surface area contributed by atoms with Crippen LogP contribution >= 0.6 is 12.2 Å². The third kappa shape index (κ3) is 3.94. The molecule has 1 heterocycles. The molecular weight excluding hydrogens is 320 g/mol. The average molecular weight is 338 g/mol. The van der Waals surface area contributed by atoms with Crippen LogP contribution in [0.5, 0.6) is 5.75 Å². The number of ether oxygens (including phenoxy) is 1. The largest absolute Gasteiger partial charge is 0.497 e. The highest BCUT2D eigenvalue weighted by atomic mass is 32.1. The number of nitrogens with one attached hydrogen (secondary N) is 2. The standard InChI is InChI=1S/C19H18N2O2S/c1-22-16-10-5-9-15(13-16)20-19(24)21-18(17-11-6-12-23-17)14-7-3-2-4-8-14/h2-13,18H,1H3,(H2,20,21,24)/t18-/m0/s1. The number of thiocarbonyl (C=S) groups is 1. The van der Waals surface area contributed by atoms with Crippen LogP contribution in [-0.2, 0) is 0 Å². The molecule has 0 saturated heterocycles. The molecule has 0 amide bonds. The Hall–Kier alpha value is -2.79. The van der Waals surface area contributed by atoms with Gasteiger partial charge in [-0.15, -0.1) is 0 Å². The first-order valence-corrected chi connectivity index (χ1v) is 7.97. The van der Waals surface area contributed by atoms with Gasteiger partial charge in [-0.2, -0.15) is 0 Å². The van der Waals surface area contributed by atoms with Crippen molar-refractivity contribution in [1.82, 2.24) is 5.32 Å². The van der Waals surface area contributed by atoms with Crippen molar-refractivity contribution in [3.05, 3.63) is 84.3 Å². The SMILES string of the molecule is COc1cccc(NC(=S)N[C@@H](c2ccccc2)c2ccco2)c1. The second-order valence-electron chi connectivity index (χ2n) is 5.19. The van der Waals surface area contributed by atoms with Gasteiger partial charge in [0.15, 0.2) is 5.11 Å². The number of anilines is 1. The number of hydrogen-bond donors (Lipinski definition) is 2. The van der Waals surface area contributed by atoms with E-state index in [4.69, 9.17) is 21.4 Å². The normalized spacial score (nSPS) is 11.5. The molecule has 122 valence electrons. The third-order valence-corrected chi connectivity index (χ3v) is 3.78. The Morgan fingerprint density at radius 2 is 1.88 bits per heavy atom. The van der Waals surface area contributed by atoms with Crippen LogP contribution in [0.1, 0.15) is 17.4 Å². The number of methoxy groups -OCH3 is 1. The Labute approximate surface area is 146 Å². The molecule has 0 unspecified atom stereocenters. The zero-order valence-corrected chi connectivity index (χ0v) is 14.0. The molecule has 0 spiro atoms. The molecule has 5 heteroatoms. The summed E-state index contributed by atoms with van der Waals surface area (Å²) < 4.78 is 10.8. The minimum atomic E-state index is -0.160. The molecule has 2 N–H and O–H groups in total. The van der Waals surface area contributed by atoms with E-state index in [0.717, 1.165) is 22.8 Å². The van der Waals surface area contributed by atoms with E-state index in [9.17, 15) is 0 Å². The Balaban J connectivity index is 1.76. The van der Waals surface area contributed by atoms with Crippen LogP contribution in [0.2, 0.25) is 0 Å². The van der Waals surface area contributed by atoms with Crippen LogP contribution in [0, 0.1) is 0 Å². The second-order valence-corrected chi connectivity index (χ2v) is 5.60. The summed E-state index contributed by atoms with van der Waals surface area (Å²) in [6.45, 7) is 0. The zero-order valence-electron chi connectivity index (χ0n) is 13.2. The maximum absolute atomic E-state index is 5.57. The van der Waals surface area contributed by atoms with Crippen LogP contribution in [-0.4, -0.2) is 12.2 Å². The molecule has 4 nitrogen and oxygen atoms in total. The summed E-state index contributed by atoms with van der Waals surface area (Å²) in [6, 6.07) is 21.3. The van der Waals surface area contributed by atoms with Gasteiger partial charge in [-0.1, -0.05) is 36.4 Å². The number of benzene rings is 2. The van der Waals surface area contributed by atoms with Gasteiger partial charge in [-0.05, 0) is 42.0 Å². The predicted molar refractivity (Wildman–Crippen MR) is 99.3 cm³/mol. The summed E-state index contributed by atoms with van der Waals surface area (Å²) in [5, 5.41) is 6.99. The van der Waals surface area contributed by atoms with Gasteiger partial charge in [-0.25, -0.2) is 0 Å². The smallest absolute Gasteiger partial charge is 0.171 e. The van der Waals surface area contributed by atoms with Crippen molar-refractivity contribution in [2.45, 2.75) is 6.04 Å². The van der Waals surface area contributed by atoms with E-state index in [0.29, 0.717) is 5.11 Å². The summed E-state index contributed by atoms with van der Waals surface area (Å²) in [5.74, 6) is 1.57. The highest BCUT2D eigenvalue weighted by Gasteiger charge is 2.17. The highest BCUT2D eigenvalue weighted by molar-refractivity contribution is 7.80. The van der Waals surface area contributed by atoms with Crippen LogP contribution in [0.4, 0.5) is 5.69 Å². The number of rotatable bonds is 5. The lowest BCUT2D eigenvalue weighted by Gasteiger charge is -2.20. The molecule has 24 heavy (non-hydrogen) atoms. The molecule has 0 saturated carbocycles. The average Bonchev–Trinajstić information content (AvgIpc) is 3.15. The Kier molecular flexibility index (Phi) is 5.13. The van der Waals surface area contributed by atoms with Crippen molar-refractivity contribution in [1.29, 1.82) is 0 Å². The van der Waals surface area contributed by atoms with Gasteiger partial charge >= 0.3 is 0 Å². The molecule has 0 radical (unpaired) electrons. The maximum atomic E-state index is 5.57. The minimum absolute atomic E-state index is 0.160. The summed E-state index contributed by atoms with van der Waals surface area (Å²) in [5.41, 5.74) is 1.93. The Morgan fingerprint density at radius 3 is 2.58 bits per heavy atom. The van der Waals surface area contributed by atoms with Crippen molar-refractivity contribution in [3.8, 4) is 5.75 Å². The van der Waals surface area contributed by atoms with Crippen LogP contribution in [0.25, 0.3) is 0 Å². The van der Waals surface area contributed by atoms with Gasteiger partial charge in [0.25, 0.3) is 0 Å². The summed E-state index contributed by atoms with van der Waals surface area (Å²) in [7, 11) is 1.64. The first kappa shape index (κ1) is 16.1. The van der Waals surface area contributed by atoms with Crippen molar-refractivity contribution in [2.75, 3.05) is 12.4 Å². The molecular formula is C19H18N2O2S. The molecule has 3 rings (SSSR count). The lowest BCUT2D eigenvalue weighted by atomic mass is 10.1. The molecule has 1 atom stereocenters. The van der Waals surface area contributed by atoms with Gasteiger partial charge in [0, 0.05) is 11.8 Å². The Bertz CT molecular complexity index is 788. The van der Waals surface area contributed by atoms with Crippen molar-refractivity contribution in [2.24, 2.45) is 0 Å². The molecule has 3 aromatic rings. The fourth-order valence-corrected chi connectivity index (χ4v) is 2.65. The molecule has 2 aromatic carbocycles.